The number of rotatable bonds is 6. The third kappa shape index (κ3) is 4.23. The quantitative estimate of drug-likeness (QED) is 0.857. The van der Waals surface area contributed by atoms with E-state index in [1.165, 1.54) is 16.4 Å². The van der Waals surface area contributed by atoms with Crippen molar-refractivity contribution in [1.82, 2.24) is 4.31 Å². The Kier molecular flexibility index (Phi) is 5.64. The Balaban J connectivity index is 2.18. The van der Waals surface area contributed by atoms with E-state index in [1.807, 2.05) is 13.8 Å². The van der Waals surface area contributed by atoms with Crippen LogP contribution in [0.1, 0.15) is 26.7 Å². The zero-order chi connectivity index (χ0) is 17.0. The minimum absolute atomic E-state index is 0.0202. The molecule has 0 amide bonds. The van der Waals surface area contributed by atoms with Gasteiger partial charge in [-0.2, -0.15) is 4.31 Å². The lowest BCUT2D eigenvalue weighted by Gasteiger charge is -2.33. The Labute approximate surface area is 137 Å². The second kappa shape index (κ2) is 7.31. The fourth-order valence-electron chi connectivity index (χ4n) is 2.75. The van der Waals surface area contributed by atoms with Gasteiger partial charge in [0.05, 0.1) is 17.4 Å². The molecule has 0 saturated carbocycles. The molecule has 1 heterocycles. The van der Waals surface area contributed by atoms with Crippen LogP contribution in [-0.2, 0) is 14.8 Å². The van der Waals surface area contributed by atoms with Crippen LogP contribution in [0.15, 0.2) is 29.2 Å². The summed E-state index contributed by atoms with van der Waals surface area (Å²) >= 11 is 0. The number of hydrogen-bond acceptors (Lipinski definition) is 4. The van der Waals surface area contributed by atoms with Gasteiger partial charge < -0.3 is 9.84 Å². The predicted octanol–water partition coefficient (Wildman–Crippen LogP) is 2.21. The molecule has 1 aliphatic rings. The van der Waals surface area contributed by atoms with Gasteiger partial charge in [0.2, 0.25) is 10.0 Å². The maximum Gasteiger partial charge on any atom is 0.307 e. The van der Waals surface area contributed by atoms with Crippen LogP contribution in [0.5, 0.6) is 5.75 Å². The first kappa shape index (κ1) is 17.7. The van der Waals surface area contributed by atoms with Crippen molar-refractivity contribution in [1.29, 1.82) is 0 Å². The van der Waals surface area contributed by atoms with Gasteiger partial charge in [-0.1, -0.05) is 13.8 Å². The molecule has 2 rings (SSSR count). The van der Waals surface area contributed by atoms with Crippen molar-refractivity contribution in [2.75, 3.05) is 19.7 Å². The maximum absolute atomic E-state index is 12.7. The molecular formula is C16H23NO5S. The lowest BCUT2D eigenvalue weighted by atomic mass is 9.92. The van der Waals surface area contributed by atoms with Crippen LogP contribution in [0.2, 0.25) is 0 Å². The summed E-state index contributed by atoms with van der Waals surface area (Å²) in [4.78, 5) is 11.4. The van der Waals surface area contributed by atoms with Gasteiger partial charge in [0.25, 0.3) is 0 Å². The van der Waals surface area contributed by atoms with Crippen LogP contribution in [0.3, 0.4) is 0 Å². The SMILES string of the molecule is CCCOc1ccc(S(=O)(=O)N2CC(C)CC(C(=O)O)C2)cc1. The highest BCUT2D eigenvalue weighted by atomic mass is 32.2. The molecule has 1 aliphatic heterocycles. The molecule has 1 fully saturated rings. The Morgan fingerprint density at radius 2 is 1.96 bits per heavy atom. The van der Waals surface area contributed by atoms with Gasteiger partial charge in [-0.25, -0.2) is 8.42 Å². The summed E-state index contributed by atoms with van der Waals surface area (Å²) in [5.74, 6) is -0.950. The van der Waals surface area contributed by atoms with Gasteiger partial charge >= 0.3 is 5.97 Å². The fourth-order valence-corrected chi connectivity index (χ4v) is 4.36. The minimum Gasteiger partial charge on any atom is -0.494 e. The summed E-state index contributed by atoms with van der Waals surface area (Å²) in [5.41, 5.74) is 0. The molecule has 128 valence electrons. The molecule has 0 spiro atoms. The number of ether oxygens (including phenoxy) is 1. The molecule has 23 heavy (non-hydrogen) atoms. The summed E-state index contributed by atoms with van der Waals surface area (Å²) in [6.07, 6.45) is 1.38. The molecule has 0 aliphatic carbocycles. The fraction of sp³-hybridized carbons (Fsp3) is 0.562. The van der Waals surface area contributed by atoms with E-state index in [0.29, 0.717) is 25.3 Å². The van der Waals surface area contributed by atoms with E-state index in [2.05, 4.69) is 0 Å². The van der Waals surface area contributed by atoms with E-state index in [0.717, 1.165) is 6.42 Å². The van der Waals surface area contributed by atoms with Gasteiger partial charge in [-0.3, -0.25) is 4.79 Å². The van der Waals surface area contributed by atoms with Crippen LogP contribution in [0.4, 0.5) is 0 Å². The zero-order valence-corrected chi connectivity index (χ0v) is 14.3. The molecule has 1 aromatic rings. The first-order chi connectivity index (χ1) is 10.8. The summed E-state index contributed by atoms with van der Waals surface area (Å²) < 4.78 is 32.2. The highest BCUT2D eigenvalue weighted by Gasteiger charge is 2.36. The Morgan fingerprint density at radius 3 is 2.52 bits per heavy atom. The van der Waals surface area contributed by atoms with Gasteiger partial charge in [0.1, 0.15) is 5.75 Å². The van der Waals surface area contributed by atoms with E-state index in [1.54, 1.807) is 12.1 Å². The Hall–Kier alpha value is -1.60. The van der Waals surface area contributed by atoms with Crippen LogP contribution >= 0.6 is 0 Å². The Bertz CT molecular complexity index is 641. The third-order valence-corrected chi connectivity index (χ3v) is 5.76. The highest BCUT2D eigenvalue weighted by molar-refractivity contribution is 7.89. The molecule has 1 N–H and O–H groups in total. The number of sulfonamides is 1. The average molecular weight is 341 g/mol. The van der Waals surface area contributed by atoms with Crippen LogP contribution in [-0.4, -0.2) is 43.5 Å². The molecule has 6 nitrogen and oxygen atoms in total. The number of aliphatic carboxylic acids is 1. The van der Waals surface area contributed by atoms with Gasteiger partial charge in [0.15, 0.2) is 0 Å². The van der Waals surface area contributed by atoms with Crippen molar-refractivity contribution in [2.45, 2.75) is 31.6 Å². The minimum atomic E-state index is -3.68. The molecule has 0 bridgehead atoms. The molecule has 0 radical (unpaired) electrons. The maximum atomic E-state index is 12.7. The second-order valence-corrected chi connectivity index (χ2v) is 7.96. The van der Waals surface area contributed by atoms with Crippen molar-refractivity contribution in [2.24, 2.45) is 11.8 Å². The molecule has 1 aromatic carbocycles. The first-order valence-corrected chi connectivity index (χ1v) is 9.24. The zero-order valence-electron chi connectivity index (χ0n) is 13.4. The van der Waals surface area contributed by atoms with E-state index in [9.17, 15) is 18.3 Å². The van der Waals surface area contributed by atoms with Crippen molar-refractivity contribution in [3.8, 4) is 5.75 Å². The number of nitrogens with zero attached hydrogens (tertiary/aromatic N) is 1. The van der Waals surface area contributed by atoms with Crippen molar-refractivity contribution in [3.05, 3.63) is 24.3 Å². The predicted molar refractivity (Wildman–Crippen MR) is 85.9 cm³/mol. The molecule has 1 saturated heterocycles. The summed E-state index contributed by atoms with van der Waals surface area (Å²) in [6.45, 7) is 4.82. The number of hydrogen-bond donors (Lipinski definition) is 1. The number of carbonyl (C=O) groups is 1. The largest absolute Gasteiger partial charge is 0.494 e. The normalized spacial score (nSPS) is 22.7. The van der Waals surface area contributed by atoms with Crippen LogP contribution < -0.4 is 4.74 Å². The molecule has 7 heteroatoms. The topological polar surface area (TPSA) is 83.9 Å². The molecule has 0 aromatic heterocycles. The van der Waals surface area contributed by atoms with Gasteiger partial charge in [-0.05, 0) is 43.0 Å². The van der Waals surface area contributed by atoms with Gasteiger partial charge in [0, 0.05) is 13.1 Å². The number of carboxylic acids is 1. The van der Waals surface area contributed by atoms with Crippen molar-refractivity contribution in [3.63, 3.8) is 0 Å². The summed E-state index contributed by atoms with van der Waals surface area (Å²) in [5, 5.41) is 9.19. The molecular weight excluding hydrogens is 318 g/mol. The van der Waals surface area contributed by atoms with E-state index >= 15 is 0 Å². The number of carboxylic acid groups (broad SMARTS) is 1. The lowest BCUT2D eigenvalue weighted by molar-refractivity contribution is -0.143. The first-order valence-electron chi connectivity index (χ1n) is 7.80. The van der Waals surface area contributed by atoms with Crippen molar-refractivity contribution >= 4 is 16.0 Å². The number of benzene rings is 1. The van der Waals surface area contributed by atoms with Crippen LogP contribution in [0.25, 0.3) is 0 Å². The van der Waals surface area contributed by atoms with E-state index in [4.69, 9.17) is 4.74 Å². The van der Waals surface area contributed by atoms with Gasteiger partial charge in [-0.15, -0.1) is 0 Å². The Morgan fingerprint density at radius 1 is 1.30 bits per heavy atom. The molecule has 2 atom stereocenters. The smallest absolute Gasteiger partial charge is 0.307 e. The van der Waals surface area contributed by atoms with Crippen LogP contribution in [0, 0.1) is 11.8 Å². The molecule has 2 unspecified atom stereocenters. The summed E-state index contributed by atoms with van der Waals surface area (Å²) in [7, 11) is -3.68. The monoisotopic (exact) mass is 341 g/mol. The van der Waals surface area contributed by atoms with Crippen molar-refractivity contribution < 1.29 is 23.1 Å². The average Bonchev–Trinajstić information content (AvgIpc) is 2.52. The van der Waals surface area contributed by atoms with E-state index < -0.39 is 21.9 Å². The lowest BCUT2D eigenvalue weighted by Crippen LogP contribution is -2.45. The van der Waals surface area contributed by atoms with E-state index in [-0.39, 0.29) is 17.4 Å². The summed E-state index contributed by atoms with van der Waals surface area (Å²) in [6, 6.07) is 6.28. The highest BCUT2D eigenvalue weighted by Crippen LogP contribution is 2.28. The third-order valence-electron chi connectivity index (χ3n) is 3.91. The number of piperidine rings is 1. The second-order valence-electron chi connectivity index (χ2n) is 6.02. The standard InChI is InChI=1S/C16H23NO5S/c1-3-8-22-14-4-6-15(7-5-14)23(20,21)17-10-12(2)9-13(11-17)16(18)19/h4-7,12-13H,3,8-11H2,1-2H3,(H,18,19).